The van der Waals surface area contributed by atoms with E-state index in [1.165, 1.54) is 0 Å². The Hall–Kier alpha value is -1.34. The van der Waals surface area contributed by atoms with E-state index in [-0.39, 0.29) is 5.91 Å². The Bertz CT molecular complexity index is 437. The molecule has 0 saturated carbocycles. The lowest BCUT2D eigenvalue weighted by atomic mass is 10.1. The molecule has 4 heteroatoms. The molecule has 3 nitrogen and oxygen atoms in total. The van der Waals surface area contributed by atoms with Gasteiger partial charge < -0.3 is 5.32 Å². The molecule has 0 spiro atoms. The normalized spacial score (nSPS) is 11.6. The molecule has 1 rings (SSSR count). The predicted octanol–water partition coefficient (Wildman–Crippen LogP) is 3.25. The topological polar surface area (TPSA) is 52.9 Å². The number of amides is 1. The second-order valence-corrected chi connectivity index (χ2v) is 4.42. The van der Waals surface area contributed by atoms with Crippen molar-refractivity contribution in [1.29, 1.82) is 5.26 Å². The van der Waals surface area contributed by atoms with Crippen LogP contribution < -0.4 is 5.32 Å². The number of aryl methyl sites for hydroxylation is 1. The fraction of sp³-hybridized carbons (Fsp3) is 0.333. The highest BCUT2D eigenvalue weighted by atomic mass is 79.9. The average Bonchev–Trinajstić information content (AvgIpc) is 2.24. The third kappa shape index (κ3) is 3.07. The quantitative estimate of drug-likeness (QED) is 0.924. The number of nitrogens with one attached hydrogen (secondary N) is 1. The fourth-order valence-electron chi connectivity index (χ4n) is 1.28. The molecule has 16 heavy (non-hydrogen) atoms. The molecule has 0 heterocycles. The minimum atomic E-state index is -0.590. The van der Waals surface area contributed by atoms with E-state index in [1.54, 1.807) is 0 Å². The first-order valence-corrected chi connectivity index (χ1v) is 5.84. The molecule has 0 fully saturated rings. The van der Waals surface area contributed by atoms with Crippen molar-refractivity contribution in [3.8, 4) is 6.07 Å². The molecule has 0 radical (unpaired) electrons. The van der Waals surface area contributed by atoms with Crippen LogP contribution in [0.5, 0.6) is 0 Å². The molecule has 1 atom stereocenters. The fourth-order valence-corrected chi connectivity index (χ4v) is 1.87. The van der Waals surface area contributed by atoms with E-state index in [2.05, 4.69) is 21.2 Å². The number of halogens is 1. The van der Waals surface area contributed by atoms with Gasteiger partial charge in [0.1, 0.15) is 5.92 Å². The maximum Gasteiger partial charge on any atom is 0.241 e. The SMILES string of the molecule is CCC(C#N)C(=O)Nc1ccc(C)cc1Br. The van der Waals surface area contributed by atoms with Crippen molar-refractivity contribution in [2.75, 3.05) is 5.32 Å². The van der Waals surface area contributed by atoms with E-state index in [0.29, 0.717) is 12.1 Å². The van der Waals surface area contributed by atoms with Crippen LogP contribution in [0.25, 0.3) is 0 Å². The van der Waals surface area contributed by atoms with Crippen molar-refractivity contribution in [2.24, 2.45) is 5.92 Å². The van der Waals surface area contributed by atoms with Crippen molar-refractivity contribution in [2.45, 2.75) is 20.3 Å². The van der Waals surface area contributed by atoms with Crippen LogP contribution in [0, 0.1) is 24.2 Å². The molecule has 1 unspecified atom stereocenters. The largest absolute Gasteiger partial charge is 0.324 e. The molecular weight excluding hydrogens is 268 g/mol. The summed E-state index contributed by atoms with van der Waals surface area (Å²) in [6.45, 7) is 3.79. The lowest BCUT2D eigenvalue weighted by molar-refractivity contribution is -0.118. The molecule has 1 N–H and O–H groups in total. The van der Waals surface area contributed by atoms with E-state index in [0.717, 1.165) is 10.0 Å². The van der Waals surface area contributed by atoms with E-state index in [9.17, 15) is 4.79 Å². The number of rotatable bonds is 3. The number of hydrogen-bond acceptors (Lipinski definition) is 2. The molecule has 0 saturated heterocycles. The number of hydrogen-bond donors (Lipinski definition) is 1. The van der Waals surface area contributed by atoms with Crippen molar-refractivity contribution in [3.05, 3.63) is 28.2 Å². The van der Waals surface area contributed by atoms with Gasteiger partial charge in [-0.15, -0.1) is 0 Å². The van der Waals surface area contributed by atoms with Crippen LogP contribution in [-0.4, -0.2) is 5.91 Å². The van der Waals surface area contributed by atoms with Crippen molar-refractivity contribution >= 4 is 27.5 Å². The Balaban J connectivity index is 2.81. The summed E-state index contributed by atoms with van der Waals surface area (Å²) in [5, 5.41) is 11.5. The summed E-state index contributed by atoms with van der Waals surface area (Å²) >= 11 is 3.37. The van der Waals surface area contributed by atoms with Crippen molar-refractivity contribution in [1.82, 2.24) is 0 Å². The molecule has 0 aliphatic carbocycles. The van der Waals surface area contributed by atoms with Gasteiger partial charge in [-0.1, -0.05) is 13.0 Å². The van der Waals surface area contributed by atoms with Gasteiger partial charge in [-0.3, -0.25) is 4.79 Å². The van der Waals surface area contributed by atoms with Gasteiger partial charge in [-0.2, -0.15) is 5.26 Å². The zero-order valence-electron chi connectivity index (χ0n) is 9.25. The standard InChI is InChI=1S/C12H13BrN2O/c1-3-9(7-14)12(16)15-11-5-4-8(2)6-10(11)13/h4-6,9H,3H2,1-2H3,(H,15,16). The van der Waals surface area contributed by atoms with E-state index < -0.39 is 5.92 Å². The number of anilines is 1. The first kappa shape index (κ1) is 12.7. The van der Waals surface area contributed by atoms with Crippen LogP contribution in [0.3, 0.4) is 0 Å². The summed E-state index contributed by atoms with van der Waals surface area (Å²) in [6, 6.07) is 7.63. The van der Waals surface area contributed by atoms with Crippen molar-refractivity contribution < 1.29 is 4.79 Å². The number of benzene rings is 1. The minimum absolute atomic E-state index is 0.255. The van der Waals surface area contributed by atoms with Gasteiger partial charge in [0.25, 0.3) is 0 Å². The Morgan fingerprint density at radius 1 is 1.62 bits per heavy atom. The molecule has 0 bridgehead atoms. The average molecular weight is 281 g/mol. The Kier molecular flexibility index (Phi) is 4.51. The van der Waals surface area contributed by atoms with Gasteiger partial charge in [0.05, 0.1) is 11.8 Å². The monoisotopic (exact) mass is 280 g/mol. The smallest absolute Gasteiger partial charge is 0.241 e. The van der Waals surface area contributed by atoms with Gasteiger partial charge in [0, 0.05) is 4.47 Å². The number of nitriles is 1. The van der Waals surface area contributed by atoms with Gasteiger partial charge in [0.2, 0.25) is 5.91 Å². The highest BCUT2D eigenvalue weighted by Gasteiger charge is 2.16. The van der Waals surface area contributed by atoms with Gasteiger partial charge >= 0.3 is 0 Å². The molecule has 0 aliphatic heterocycles. The summed E-state index contributed by atoms with van der Waals surface area (Å²) < 4.78 is 0.827. The van der Waals surface area contributed by atoms with Gasteiger partial charge in [-0.25, -0.2) is 0 Å². The third-order valence-electron chi connectivity index (χ3n) is 2.26. The van der Waals surface area contributed by atoms with Crippen LogP contribution in [0.4, 0.5) is 5.69 Å². The van der Waals surface area contributed by atoms with Gasteiger partial charge in [0.15, 0.2) is 0 Å². The number of carbonyl (C=O) groups excluding carboxylic acids is 1. The molecule has 84 valence electrons. The molecular formula is C12H13BrN2O. The van der Waals surface area contributed by atoms with Crippen LogP contribution in [-0.2, 0) is 4.79 Å². The highest BCUT2D eigenvalue weighted by Crippen LogP contribution is 2.24. The highest BCUT2D eigenvalue weighted by molar-refractivity contribution is 9.10. The van der Waals surface area contributed by atoms with E-state index in [4.69, 9.17) is 5.26 Å². The van der Waals surface area contributed by atoms with Crippen molar-refractivity contribution in [3.63, 3.8) is 0 Å². The zero-order chi connectivity index (χ0) is 12.1. The molecule has 1 aromatic carbocycles. The van der Waals surface area contributed by atoms with Crippen LogP contribution in [0.1, 0.15) is 18.9 Å². The molecule has 0 aromatic heterocycles. The first-order valence-electron chi connectivity index (χ1n) is 5.05. The molecule has 0 aliphatic rings. The Morgan fingerprint density at radius 3 is 2.81 bits per heavy atom. The van der Waals surface area contributed by atoms with Crippen LogP contribution in [0.15, 0.2) is 22.7 Å². The molecule has 1 aromatic rings. The summed E-state index contributed by atoms with van der Waals surface area (Å²) in [7, 11) is 0. The third-order valence-corrected chi connectivity index (χ3v) is 2.92. The van der Waals surface area contributed by atoms with Crippen LogP contribution >= 0.6 is 15.9 Å². The summed E-state index contributed by atoms with van der Waals surface area (Å²) in [6.07, 6.45) is 0.520. The first-order chi connectivity index (χ1) is 7.58. The maximum absolute atomic E-state index is 11.7. The minimum Gasteiger partial charge on any atom is -0.324 e. The number of carbonyl (C=O) groups is 1. The van der Waals surface area contributed by atoms with E-state index in [1.807, 2.05) is 38.1 Å². The Labute approximate surface area is 104 Å². The summed E-state index contributed by atoms with van der Waals surface area (Å²) in [5.41, 5.74) is 1.81. The zero-order valence-corrected chi connectivity index (χ0v) is 10.8. The summed E-state index contributed by atoms with van der Waals surface area (Å²) in [5.74, 6) is -0.845. The second kappa shape index (κ2) is 5.66. The van der Waals surface area contributed by atoms with Crippen LogP contribution in [0.2, 0.25) is 0 Å². The molecule has 1 amide bonds. The maximum atomic E-state index is 11.7. The van der Waals surface area contributed by atoms with Gasteiger partial charge in [-0.05, 0) is 47.0 Å². The Morgan fingerprint density at radius 2 is 2.31 bits per heavy atom. The lowest BCUT2D eigenvalue weighted by Gasteiger charge is -2.10. The summed E-state index contributed by atoms with van der Waals surface area (Å²) in [4.78, 5) is 11.7. The van der Waals surface area contributed by atoms with E-state index >= 15 is 0 Å². The lowest BCUT2D eigenvalue weighted by Crippen LogP contribution is -2.21. The second-order valence-electron chi connectivity index (χ2n) is 3.56. The number of nitrogens with zero attached hydrogens (tertiary/aromatic N) is 1. The predicted molar refractivity (Wildman–Crippen MR) is 66.9 cm³/mol.